The molecule has 1 heterocycles. The fourth-order valence-electron chi connectivity index (χ4n) is 1.90. The third-order valence-electron chi connectivity index (χ3n) is 2.57. The molecule has 2 aromatic rings. The van der Waals surface area contributed by atoms with Crippen LogP contribution in [0.4, 0.5) is 0 Å². The fourth-order valence-corrected chi connectivity index (χ4v) is 1.90. The molecule has 0 saturated carbocycles. The minimum Gasteiger partial charge on any atom is -0.324 e. The Morgan fingerprint density at radius 3 is 2.00 bits per heavy atom. The predicted octanol–water partition coefficient (Wildman–Crippen LogP) is 4.07. The van der Waals surface area contributed by atoms with E-state index >= 15 is 0 Å². The van der Waals surface area contributed by atoms with Crippen molar-refractivity contribution >= 4 is 0 Å². The van der Waals surface area contributed by atoms with Gasteiger partial charge in [0.1, 0.15) is 0 Å². The number of hydrogen-bond donors (Lipinski definition) is 0. The van der Waals surface area contributed by atoms with Crippen LogP contribution < -0.4 is 0 Å². The van der Waals surface area contributed by atoms with Gasteiger partial charge in [0, 0.05) is 18.1 Å². The van der Waals surface area contributed by atoms with Gasteiger partial charge in [-0.1, -0.05) is 32.9 Å². The first kappa shape index (κ1) is 11.0. The molecule has 0 aliphatic carbocycles. The second kappa shape index (κ2) is 4.17. The molecule has 0 atom stereocenters. The second-order valence-corrected chi connectivity index (χ2v) is 5.49. The van der Waals surface area contributed by atoms with Crippen molar-refractivity contribution < 1.29 is 0 Å². The Hall–Kier alpha value is -1.50. The summed E-state index contributed by atoms with van der Waals surface area (Å²) in [5, 5.41) is 0. The number of benzene rings is 1. The van der Waals surface area contributed by atoms with Crippen molar-refractivity contribution in [2.45, 2.75) is 27.2 Å². The molecule has 0 bridgehead atoms. The zero-order valence-corrected chi connectivity index (χ0v) is 10.3. The van der Waals surface area contributed by atoms with Gasteiger partial charge in [-0.3, -0.25) is 0 Å². The third-order valence-corrected chi connectivity index (χ3v) is 2.57. The van der Waals surface area contributed by atoms with E-state index in [4.69, 9.17) is 0 Å². The van der Waals surface area contributed by atoms with Crippen LogP contribution in [0.25, 0.3) is 5.69 Å². The van der Waals surface area contributed by atoms with E-state index in [9.17, 15) is 0 Å². The highest BCUT2D eigenvalue weighted by molar-refractivity contribution is 5.35. The number of aromatic nitrogens is 1. The molecule has 1 nitrogen and oxygen atoms in total. The van der Waals surface area contributed by atoms with E-state index in [-0.39, 0.29) is 0 Å². The highest BCUT2D eigenvalue weighted by Crippen LogP contribution is 2.21. The average Bonchev–Trinajstić information content (AvgIpc) is 2.69. The second-order valence-electron chi connectivity index (χ2n) is 5.49. The average molecular weight is 213 g/mol. The molecule has 0 saturated heterocycles. The van der Waals surface area contributed by atoms with Crippen LogP contribution in [-0.4, -0.2) is 4.57 Å². The van der Waals surface area contributed by atoms with E-state index in [2.05, 4.69) is 62.0 Å². The van der Waals surface area contributed by atoms with E-state index in [1.165, 1.54) is 11.3 Å². The first-order valence-electron chi connectivity index (χ1n) is 5.77. The summed E-state index contributed by atoms with van der Waals surface area (Å²) < 4.78 is 2.13. The minimum absolute atomic E-state index is 0.356. The van der Waals surface area contributed by atoms with Crippen molar-refractivity contribution in [2.24, 2.45) is 5.41 Å². The van der Waals surface area contributed by atoms with Gasteiger partial charge in [-0.05, 0) is 41.7 Å². The highest BCUT2D eigenvalue weighted by Gasteiger charge is 2.10. The predicted molar refractivity (Wildman–Crippen MR) is 68.9 cm³/mol. The van der Waals surface area contributed by atoms with Crippen molar-refractivity contribution in [3.8, 4) is 5.69 Å². The van der Waals surface area contributed by atoms with Crippen molar-refractivity contribution in [1.82, 2.24) is 4.57 Å². The molecule has 0 amide bonds. The molecule has 16 heavy (non-hydrogen) atoms. The van der Waals surface area contributed by atoms with Crippen LogP contribution in [0.1, 0.15) is 26.3 Å². The van der Waals surface area contributed by atoms with Gasteiger partial charge in [-0.25, -0.2) is 0 Å². The van der Waals surface area contributed by atoms with Crippen LogP contribution >= 0.6 is 0 Å². The molecular formula is C15H19N. The van der Waals surface area contributed by atoms with Gasteiger partial charge in [0.05, 0.1) is 0 Å². The lowest BCUT2D eigenvalue weighted by Gasteiger charge is -2.18. The van der Waals surface area contributed by atoms with Gasteiger partial charge in [-0.15, -0.1) is 0 Å². The number of rotatable bonds is 2. The van der Waals surface area contributed by atoms with Crippen LogP contribution in [0.15, 0.2) is 48.8 Å². The standard InChI is InChI=1S/C15H19N/c1-15(2,3)12-13-6-8-14(9-7-13)16-10-4-5-11-16/h4-11H,12H2,1-3H3. The molecule has 1 heteroatoms. The Morgan fingerprint density at radius 2 is 1.50 bits per heavy atom. The quantitative estimate of drug-likeness (QED) is 0.708. The first-order chi connectivity index (χ1) is 7.54. The summed E-state index contributed by atoms with van der Waals surface area (Å²) >= 11 is 0. The summed E-state index contributed by atoms with van der Waals surface area (Å²) in [5.74, 6) is 0. The summed E-state index contributed by atoms with van der Waals surface area (Å²) in [6.45, 7) is 6.81. The lowest BCUT2D eigenvalue weighted by Crippen LogP contribution is -2.09. The molecule has 1 aromatic carbocycles. The third kappa shape index (κ3) is 2.75. The summed E-state index contributed by atoms with van der Waals surface area (Å²) in [6.07, 6.45) is 5.26. The molecule has 0 radical (unpaired) electrons. The first-order valence-corrected chi connectivity index (χ1v) is 5.77. The lowest BCUT2D eigenvalue weighted by molar-refractivity contribution is 0.411. The van der Waals surface area contributed by atoms with Crippen molar-refractivity contribution in [3.05, 3.63) is 54.4 Å². The topological polar surface area (TPSA) is 4.93 Å². The van der Waals surface area contributed by atoms with E-state index < -0.39 is 0 Å². The normalized spacial score (nSPS) is 11.7. The molecule has 84 valence electrons. The molecule has 0 aliphatic rings. The largest absolute Gasteiger partial charge is 0.324 e. The van der Waals surface area contributed by atoms with Gasteiger partial charge in [-0.2, -0.15) is 0 Å². The fraction of sp³-hybridized carbons (Fsp3) is 0.333. The highest BCUT2D eigenvalue weighted by atomic mass is 14.9. The molecule has 0 spiro atoms. The van der Waals surface area contributed by atoms with Crippen LogP contribution in [0.3, 0.4) is 0 Å². The Labute approximate surface area is 97.7 Å². The van der Waals surface area contributed by atoms with Crippen molar-refractivity contribution in [2.75, 3.05) is 0 Å². The molecule has 0 fully saturated rings. The summed E-state index contributed by atoms with van der Waals surface area (Å²) in [5.41, 5.74) is 2.99. The minimum atomic E-state index is 0.356. The Kier molecular flexibility index (Phi) is 2.86. The zero-order chi connectivity index (χ0) is 11.6. The van der Waals surface area contributed by atoms with Gasteiger partial charge < -0.3 is 4.57 Å². The van der Waals surface area contributed by atoms with Crippen LogP contribution in [-0.2, 0) is 6.42 Å². The van der Waals surface area contributed by atoms with Crippen LogP contribution in [0, 0.1) is 5.41 Å². The number of hydrogen-bond acceptors (Lipinski definition) is 0. The van der Waals surface area contributed by atoms with Gasteiger partial charge in [0.25, 0.3) is 0 Å². The molecule has 0 N–H and O–H groups in total. The Morgan fingerprint density at radius 1 is 0.938 bits per heavy atom. The zero-order valence-electron chi connectivity index (χ0n) is 10.3. The SMILES string of the molecule is CC(C)(C)Cc1ccc(-n2cccc2)cc1. The van der Waals surface area contributed by atoms with Gasteiger partial charge in [0.2, 0.25) is 0 Å². The number of nitrogens with zero attached hydrogens (tertiary/aromatic N) is 1. The summed E-state index contributed by atoms with van der Waals surface area (Å²) in [6, 6.07) is 12.9. The van der Waals surface area contributed by atoms with Crippen LogP contribution in [0.5, 0.6) is 0 Å². The Bertz CT molecular complexity index is 429. The molecule has 2 rings (SSSR count). The maximum atomic E-state index is 2.27. The monoisotopic (exact) mass is 213 g/mol. The van der Waals surface area contributed by atoms with Crippen molar-refractivity contribution in [3.63, 3.8) is 0 Å². The summed E-state index contributed by atoms with van der Waals surface area (Å²) in [7, 11) is 0. The summed E-state index contributed by atoms with van der Waals surface area (Å²) in [4.78, 5) is 0. The lowest BCUT2D eigenvalue weighted by atomic mass is 9.88. The molecular weight excluding hydrogens is 194 g/mol. The Balaban J connectivity index is 2.17. The van der Waals surface area contributed by atoms with Crippen LogP contribution in [0.2, 0.25) is 0 Å². The van der Waals surface area contributed by atoms with E-state index in [0.717, 1.165) is 6.42 Å². The van der Waals surface area contributed by atoms with Gasteiger partial charge in [0.15, 0.2) is 0 Å². The van der Waals surface area contributed by atoms with E-state index in [1.54, 1.807) is 0 Å². The van der Waals surface area contributed by atoms with Crippen molar-refractivity contribution in [1.29, 1.82) is 0 Å². The maximum absolute atomic E-state index is 2.27. The van der Waals surface area contributed by atoms with E-state index in [1.807, 2.05) is 12.1 Å². The van der Waals surface area contributed by atoms with E-state index in [0.29, 0.717) is 5.41 Å². The molecule has 0 unspecified atom stereocenters. The molecule has 0 aliphatic heterocycles. The smallest absolute Gasteiger partial charge is 0.0449 e. The molecule has 1 aromatic heterocycles. The maximum Gasteiger partial charge on any atom is 0.0449 e. The van der Waals surface area contributed by atoms with Gasteiger partial charge >= 0.3 is 0 Å².